The van der Waals surface area contributed by atoms with Crippen molar-refractivity contribution >= 4 is 46.0 Å². The van der Waals surface area contributed by atoms with Crippen LogP contribution in [0.3, 0.4) is 0 Å². The monoisotopic (exact) mass is 600 g/mol. The van der Waals surface area contributed by atoms with Crippen molar-refractivity contribution in [1.29, 1.82) is 0 Å². The van der Waals surface area contributed by atoms with Crippen molar-refractivity contribution in [3.63, 3.8) is 0 Å². The van der Waals surface area contributed by atoms with Crippen molar-refractivity contribution < 1.29 is 9.53 Å². The summed E-state index contributed by atoms with van der Waals surface area (Å²) in [7, 11) is 1.42. The summed E-state index contributed by atoms with van der Waals surface area (Å²) >= 11 is 0.0831. The number of ether oxygens (including phenoxy) is 1. The SMILES string of the molecule is COC(=O)c1ccc2c(c1)nc(-c1cccc3nc(NCCCc4ccccc4)[se]c13)n2C1CCCCCCC1. The number of aryl methyl sites for hydroxylation is 1. The van der Waals surface area contributed by atoms with Gasteiger partial charge in [0.25, 0.3) is 0 Å². The van der Waals surface area contributed by atoms with E-state index in [1.54, 1.807) is 0 Å². The number of nitrogens with zero attached hydrogens (tertiary/aromatic N) is 3. The van der Waals surface area contributed by atoms with Gasteiger partial charge in [-0.05, 0) is 0 Å². The van der Waals surface area contributed by atoms with Gasteiger partial charge in [0.05, 0.1) is 0 Å². The van der Waals surface area contributed by atoms with Gasteiger partial charge >= 0.3 is 242 Å². The molecular formula is C33H36N4O2Se. The number of nitrogens with one attached hydrogen (secondary N) is 1. The number of anilines is 1. The number of methoxy groups -OCH3 is 1. The standard InChI is InChI=1S/C33H36N4O2Se/c1-39-32(38)24-19-20-29-28(22-24)35-31(37(29)25-15-8-3-2-4-9-16-25)26-17-10-18-27-30(26)40-33(36-27)34-21-11-14-23-12-6-5-7-13-23/h5-7,10,12-13,17-20,22,25H,2-4,8-9,11,14-16,21H2,1H3,(H,34,36). The van der Waals surface area contributed by atoms with Crippen LogP contribution in [0.25, 0.3) is 32.2 Å². The van der Waals surface area contributed by atoms with E-state index < -0.39 is 0 Å². The second-order valence-electron chi connectivity index (χ2n) is 10.7. The minimum absolute atomic E-state index is 0.0831. The van der Waals surface area contributed by atoms with E-state index in [0.717, 1.165) is 59.3 Å². The Labute approximate surface area is 241 Å². The van der Waals surface area contributed by atoms with Crippen molar-refractivity contribution in [3.05, 3.63) is 77.9 Å². The van der Waals surface area contributed by atoms with Crippen molar-refractivity contribution in [1.82, 2.24) is 14.5 Å². The van der Waals surface area contributed by atoms with Gasteiger partial charge in [0.1, 0.15) is 0 Å². The summed E-state index contributed by atoms with van der Waals surface area (Å²) in [5.41, 5.74) is 6.07. The molecule has 0 aliphatic heterocycles. The van der Waals surface area contributed by atoms with Crippen LogP contribution in [-0.2, 0) is 11.2 Å². The molecule has 0 radical (unpaired) electrons. The first-order chi connectivity index (χ1) is 19.7. The Bertz CT molecular complexity index is 1600. The third-order valence-corrected chi connectivity index (χ3v) is 10.2. The zero-order valence-electron chi connectivity index (χ0n) is 23.1. The van der Waals surface area contributed by atoms with E-state index in [-0.39, 0.29) is 20.5 Å². The molecule has 0 bridgehead atoms. The molecule has 5 aromatic rings. The first-order valence-corrected chi connectivity index (χ1v) is 16.2. The quantitative estimate of drug-likeness (QED) is 0.114. The Morgan fingerprint density at radius 2 is 1.75 bits per heavy atom. The van der Waals surface area contributed by atoms with Crippen LogP contribution in [-0.4, -0.2) is 48.7 Å². The number of benzene rings is 3. The molecule has 0 unspecified atom stereocenters. The molecule has 0 amide bonds. The maximum absolute atomic E-state index is 12.3. The Morgan fingerprint density at radius 1 is 0.950 bits per heavy atom. The zero-order valence-corrected chi connectivity index (χ0v) is 24.8. The third-order valence-electron chi connectivity index (χ3n) is 7.97. The Kier molecular flexibility index (Phi) is 8.31. The molecule has 3 aromatic carbocycles. The van der Waals surface area contributed by atoms with E-state index in [9.17, 15) is 4.79 Å². The predicted molar refractivity (Wildman–Crippen MR) is 163 cm³/mol. The number of rotatable bonds is 8. The topological polar surface area (TPSA) is 69.0 Å². The molecular weight excluding hydrogens is 563 g/mol. The number of hydrogen-bond donors (Lipinski definition) is 1. The maximum atomic E-state index is 12.3. The number of carbonyl (C=O) groups is 1. The molecule has 40 heavy (non-hydrogen) atoms. The summed E-state index contributed by atoms with van der Waals surface area (Å²) in [5.74, 6) is 0.672. The van der Waals surface area contributed by atoms with Gasteiger partial charge in [-0.3, -0.25) is 0 Å². The fourth-order valence-electron chi connectivity index (χ4n) is 5.93. The molecule has 1 N–H and O–H groups in total. The van der Waals surface area contributed by atoms with Crippen molar-refractivity contribution in [2.75, 3.05) is 19.0 Å². The molecule has 6 rings (SSSR count). The summed E-state index contributed by atoms with van der Waals surface area (Å²) in [5, 5.41) is 3.62. The van der Waals surface area contributed by atoms with Crippen molar-refractivity contribution in [3.8, 4) is 11.4 Å². The minimum atomic E-state index is -0.329. The van der Waals surface area contributed by atoms with Crippen LogP contribution >= 0.6 is 0 Å². The second-order valence-corrected chi connectivity index (χ2v) is 12.8. The van der Waals surface area contributed by atoms with Crippen LogP contribution in [0.4, 0.5) is 4.69 Å². The third kappa shape index (κ3) is 5.72. The van der Waals surface area contributed by atoms with E-state index in [4.69, 9.17) is 14.7 Å². The van der Waals surface area contributed by atoms with Crippen molar-refractivity contribution in [2.45, 2.75) is 63.8 Å². The van der Waals surface area contributed by atoms with E-state index in [1.807, 2.05) is 12.1 Å². The summed E-state index contributed by atoms with van der Waals surface area (Å²) in [6, 6.07) is 23.3. The van der Waals surface area contributed by atoms with Gasteiger partial charge in [-0.2, -0.15) is 0 Å². The fourth-order valence-corrected chi connectivity index (χ4v) is 8.03. The molecule has 2 aromatic heterocycles. The van der Waals surface area contributed by atoms with Crippen LogP contribution < -0.4 is 5.32 Å². The first kappa shape index (κ1) is 26.8. The summed E-state index contributed by atoms with van der Waals surface area (Å²) in [6.45, 7) is 0.912. The van der Waals surface area contributed by atoms with Gasteiger partial charge in [0, 0.05) is 0 Å². The molecule has 206 valence electrons. The van der Waals surface area contributed by atoms with Gasteiger partial charge in [0.15, 0.2) is 0 Å². The first-order valence-electron chi connectivity index (χ1n) is 14.5. The Morgan fingerprint density at radius 3 is 2.55 bits per heavy atom. The summed E-state index contributed by atoms with van der Waals surface area (Å²) < 4.78 is 9.84. The Balaban J connectivity index is 1.35. The second kappa shape index (κ2) is 12.4. The van der Waals surface area contributed by atoms with Crippen LogP contribution in [0.1, 0.15) is 73.3 Å². The van der Waals surface area contributed by atoms with Crippen LogP contribution in [0, 0.1) is 0 Å². The van der Waals surface area contributed by atoms with E-state index in [0.29, 0.717) is 11.6 Å². The number of aromatic nitrogens is 3. The molecule has 7 heteroatoms. The van der Waals surface area contributed by atoms with Gasteiger partial charge in [0.2, 0.25) is 0 Å². The van der Waals surface area contributed by atoms with Gasteiger partial charge < -0.3 is 0 Å². The van der Waals surface area contributed by atoms with Crippen LogP contribution in [0.2, 0.25) is 0 Å². The van der Waals surface area contributed by atoms with Gasteiger partial charge in [-0.25, -0.2) is 0 Å². The number of fused-ring (bicyclic) bond motifs is 2. The zero-order chi connectivity index (χ0) is 27.3. The molecule has 2 heterocycles. The molecule has 6 nitrogen and oxygen atoms in total. The predicted octanol–water partition coefficient (Wildman–Crippen LogP) is 7.43. The number of esters is 1. The average molecular weight is 600 g/mol. The average Bonchev–Trinajstić information content (AvgIpc) is 3.56. The summed E-state index contributed by atoms with van der Waals surface area (Å²) in [4.78, 5) is 22.5. The normalized spacial score (nSPS) is 14.7. The molecule has 0 spiro atoms. The molecule has 1 aliphatic carbocycles. The van der Waals surface area contributed by atoms with E-state index >= 15 is 0 Å². The molecule has 1 saturated carbocycles. The van der Waals surface area contributed by atoms with E-state index in [1.165, 1.54) is 54.6 Å². The molecule has 0 atom stereocenters. The Hall–Kier alpha value is -3.41. The van der Waals surface area contributed by atoms with Crippen LogP contribution in [0.15, 0.2) is 66.7 Å². The number of hydrogen-bond acceptors (Lipinski definition) is 5. The summed E-state index contributed by atoms with van der Waals surface area (Å²) in [6.07, 6.45) is 10.8. The molecule has 0 saturated heterocycles. The number of imidazole rings is 1. The fraction of sp³-hybridized carbons (Fsp3) is 0.364. The number of carbonyl (C=O) groups excluding carboxylic acids is 1. The molecule has 1 fully saturated rings. The van der Waals surface area contributed by atoms with Gasteiger partial charge in [-0.15, -0.1) is 0 Å². The van der Waals surface area contributed by atoms with Gasteiger partial charge in [-0.1, -0.05) is 0 Å². The van der Waals surface area contributed by atoms with Crippen molar-refractivity contribution in [2.24, 2.45) is 0 Å². The molecule has 1 aliphatic rings. The van der Waals surface area contributed by atoms with Crippen LogP contribution in [0.5, 0.6) is 0 Å². The van der Waals surface area contributed by atoms with E-state index in [2.05, 4.69) is 64.5 Å².